The molecule has 166 valence electrons. The second kappa shape index (κ2) is 7.43. The number of rotatable bonds is 4. The zero-order valence-corrected chi connectivity index (χ0v) is 18.2. The summed E-state index contributed by atoms with van der Waals surface area (Å²) in [6, 6.07) is 5.34. The predicted molar refractivity (Wildman–Crippen MR) is 116 cm³/mol. The van der Waals surface area contributed by atoms with Gasteiger partial charge in [-0.05, 0) is 54.4 Å². The van der Waals surface area contributed by atoms with Crippen LogP contribution in [0.1, 0.15) is 50.7 Å². The van der Waals surface area contributed by atoms with Crippen molar-refractivity contribution in [3.63, 3.8) is 0 Å². The maximum atomic E-state index is 13.4. The monoisotopic (exact) mass is 425 g/mol. The van der Waals surface area contributed by atoms with Crippen LogP contribution in [0.3, 0.4) is 0 Å². The summed E-state index contributed by atoms with van der Waals surface area (Å²) < 4.78 is 5.81. The van der Waals surface area contributed by atoms with Gasteiger partial charge in [-0.1, -0.05) is 26.0 Å². The molecule has 1 spiro atoms. The Hall–Kier alpha value is -2.22. The van der Waals surface area contributed by atoms with Crippen LogP contribution in [0.2, 0.25) is 0 Å². The summed E-state index contributed by atoms with van der Waals surface area (Å²) in [4.78, 5) is 25.8. The average molecular weight is 426 g/mol. The Morgan fingerprint density at radius 2 is 2.03 bits per heavy atom. The van der Waals surface area contributed by atoms with Crippen molar-refractivity contribution in [1.82, 2.24) is 16.1 Å². The lowest BCUT2D eigenvalue weighted by atomic mass is 9.77. The van der Waals surface area contributed by atoms with Gasteiger partial charge in [0.15, 0.2) is 5.78 Å². The van der Waals surface area contributed by atoms with Crippen molar-refractivity contribution >= 4 is 17.3 Å². The summed E-state index contributed by atoms with van der Waals surface area (Å²) in [5.41, 5.74) is 5.34. The summed E-state index contributed by atoms with van der Waals surface area (Å²) in [6.45, 7) is 6.40. The van der Waals surface area contributed by atoms with Crippen LogP contribution in [0.25, 0.3) is 5.57 Å². The maximum absolute atomic E-state index is 13.4. The fraction of sp³-hybridized carbons (Fsp3) is 0.583. The molecular weight excluding hydrogens is 394 g/mol. The Bertz CT molecular complexity index is 950. The van der Waals surface area contributed by atoms with E-state index in [2.05, 4.69) is 42.7 Å². The van der Waals surface area contributed by atoms with Crippen molar-refractivity contribution in [2.45, 2.75) is 57.0 Å². The molecule has 0 aromatic heterocycles. The van der Waals surface area contributed by atoms with Gasteiger partial charge in [0.05, 0.1) is 24.6 Å². The first kappa shape index (κ1) is 20.7. The molecule has 1 unspecified atom stereocenters. The van der Waals surface area contributed by atoms with Crippen LogP contribution in [-0.2, 0) is 15.0 Å². The molecule has 0 bridgehead atoms. The number of nitrogens with one attached hydrogen (secondary N) is 3. The molecule has 1 aliphatic carbocycles. The summed E-state index contributed by atoms with van der Waals surface area (Å²) in [6.07, 6.45) is 5.51. The fourth-order valence-corrected chi connectivity index (χ4v) is 5.38. The van der Waals surface area contributed by atoms with Gasteiger partial charge in [-0.25, -0.2) is 5.48 Å². The van der Waals surface area contributed by atoms with Crippen molar-refractivity contribution < 1.29 is 19.5 Å². The van der Waals surface area contributed by atoms with Gasteiger partial charge >= 0.3 is 0 Å². The van der Waals surface area contributed by atoms with Gasteiger partial charge in [0.1, 0.15) is 5.75 Å². The lowest BCUT2D eigenvalue weighted by Gasteiger charge is -2.37. The Kier molecular flexibility index (Phi) is 4.95. The molecule has 5 rings (SSSR count). The van der Waals surface area contributed by atoms with E-state index in [-0.39, 0.29) is 22.7 Å². The molecule has 7 nitrogen and oxygen atoms in total. The Morgan fingerprint density at radius 3 is 2.77 bits per heavy atom. The molecule has 2 fully saturated rings. The van der Waals surface area contributed by atoms with Gasteiger partial charge in [-0.15, -0.1) is 0 Å². The minimum absolute atomic E-state index is 0.000441. The number of Topliss-reactive ketones (excluding diaryl/α,β-unsaturated/α-hetero) is 1. The highest BCUT2D eigenvalue weighted by Crippen LogP contribution is 2.52. The van der Waals surface area contributed by atoms with E-state index in [4.69, 9.17) is 4.74 Å². The van der Waals surface area contributed by atoms with Crippen molar-refractivity contribution in [2.24, 2.45) is 11.3 Å². The third kappa shape index (κ3) is 3.69. The Labute approximate surface area is 182 Å². The van der Waals surface area contributed by atoms with Gasteiger partial charge in [0.2, 0.25) is 5.91 Å². The fourth-order valence-electron chi connectivity index (χ4n) is 5.38. The van der Waals surface area contributed by atoms with E-state index in [1.54, 1.807) is 5.48 Å². The first-order valence-corrected chi connectivity index (χ1v) is 11.2. The molecule has 3 atom stereocenters. The van der Waals surface area contributed by atoms with E-state index in [0.29, 0.717) is 26.0 Å². The van der Waals surface area contributed by atoms with E-state index in [1.807, 2.05) is 6.07 Å². The standard InChI is InChI=1S/C24H31N3O4/c1-23(2)13-31-19-4-3-14(9-17(19)23)15-5-8-25-18(10-15)21(28)20-16(22(29)27-30)11-24(6-7-24)12-26-20/h3-5,9,16,18,20,25-26,30H,6-8,10-13H2,1-2H3,(H,27,29)/t16-,18?,20-/m0/s1. The molecule has 3 heterocycles. The third-order valence-electron chi connectivity index (χ3n) is 7.61. The van der Waals surface area contributed by atoms with Crippen LogP contribution in [-0.4, -0.2) is 48.7 Å². The number of carbonyl (C=O) groups excluding carboxylic acids is 2. The SMILES string of the molecule is CC1(C)COc2ccc(C3=CCNC(C(=O)[C@H]4NCC5(CC5)C[C@@H]4C(=O)NO)C3)cc21. The van der Waals surface area contributed by atoms with Crippen molar-refractivity contribution in [2.75, 3.05) is 19.7 Å². The van der Waals surface area contributed by atoms with Crippen LogP contribution in [0, 0.1) is 11.3 Å². The summed E-state index contributed by atoms with van der Waals surface area (Å²) in [5.74, 6) is -0.0687. The number of benzene rings is 1. The average Bonchev–Trinajstić information content (AvgIpc) is 3.47. The number of ketones is 1. The molecule has 0 radical (unpaired) electrons. The van der Waals surface area contributed by atoms with Crippen LogP contribution >= 0.6 is 0 Å². The first-order valence-electron chi connectivity index (χ1n) is 11.2. The van der Waals surface area contributed by atoms with Crippen LogP contribution in [0.15, 0.2) is 24.3 Å². The molecular formula is C24H31N3O4. The van der Waals surface area contributed by atoms with E-state index >= 15 is 0 Å². The molecule has 3 aliphatic heterocycles. The molecule has 4 N–H and O–H groups in total. The third-order valence-corrected chi connectivity index (χ3v) is 7.61. The van der Waals surface area contributed by atoms with Gasteiger partial charge in [-0.2, -0.15) is 0 Å². The zero-order chi connectivity index (χ0) is 21.8. The van der Waals surface area contributed by atoms with Crippen molar-refractivity contribution in [3.05, 3.63) is 35.4 Å². The number of hydrogen-bond acceptors (Lipinski definition) is 6. The molecule has 1 saturated heterocycles. The molecule has 31 heavy (non-hydrogen) atoms. The Balaban J connectivity index is 1.34. The quantitative estimate of drug-likeness (QED) is 0.435. The lowest BCUT2D eigenvalue weighted by Crippen LogP contribution is -2.59. The number of hydrogen-bond donors (Lipinski definition) is 4. The molecule has 1 saturated carbocycles. The van der Waals surface area contributed by atoms with Gasteiger partial charge < -0.3 is 15.4 Å². The van der Waals surface area contributed by atoms with Gasteiger partial charge in [0.25, 0.3) is 0 Å². The summed E-state index contributed by atoms with van der Waals surface area (Å²) in [5, 5.41) is 15.9. The molecule has 1 aromatic rings. The largest absolute Gasteiger partial charge is 0.492 e. The van der Waals surface area contributed by atoms with Crippen LogP contribution in [0.5, 0.6) is 5.75 Å². The molecule has 7 heteroatoms. The normalized spacial score (nSPS) is 30.2. The van der Waals surface area contributed by atoms with E-state index in [9.17, 15) is 14.8 Å². The maximum Gasteiger partial charge on any atom is 0.248 e. The predicted octanol–water partition coefficient (Wildman–Crippen LogP) is 1.93. The van der Waals surface area contributed by atoms with Crippen molar-refractivity contribution in [1.29, 1.82) is 0 Å². The highest BCUT2D eigenvalue weighted by Gasteiger charge is 2.52. The van der Waals surface area contributed by atoms with Gasteiger partial charge in [-0.3, -0.25) is 14.8 Å². The number of amides is 1. The molecule has 1 amide bonds. The van der Waals surface area contributed by atoms with Crippen LogP contribution < -0.4 is 20.9 Å². The molecule has 1 aromatic carbocycles. The van der Waals surface area contributed by atoms with E-state index < -0.39 is 17.9 Å². The number of hydroxylamine groups is 1. The number of carbonyl (C=O) groups is 2. The van der Waals surface area contributed by atoms with E-state index in [0.717, 1.165) is 36.3 Å². The minimum Gasteiger partial charge on any atom is -0.492 e. The summed E-state index contributed by atoms with van der Waals surface area (Å²) in [7, 11) is 0. The first-order chi connectivity index (χ1) is 14.8. The van der Waals surface area contributed by atoms with Crippen LogP contribution in [0.4, 0.5) is 0 Å². The minimum atomic E-state index is -0.581. The smallest absolute Gasteiger partial charge is 0.248 e. The highest BCUT2D eigenvalue weighted by atomic mass is 16.5. The summed E-state index contributed by atoms with van der Waals surface area (Å²) >= 11 is 0. The zero-order valence-electron chi connectivity index (χ0n) is 18.2. The number of fused-ring (bicyclic) bond motifs is 1. The molecule has 4 aliphatic rings. The lowest BCUT2D eigenvalue weighted by molar-refractivity contribution is -0.140. The van der Waals surface area contributed by atoms with Crippen molar-refractivity contribution in [3.8, 4) is 5.75 Å². The second-order valence-corrected chi connectivity index (χ2v) is 10.3. The Morgan fingerprint density at radius 1 is 1.23 bits per heavy atom. The number of ether oxygens (including phenoxy) is 1. The highest BCUT2D eigenvalue weighted by molar-refractivity contribution is 5.96. The van der Waals surface area contributed by atoms with Gasteiger partial charge in [0, 0.05) is 24.1 Å². The van der Waals surface area contributed by atoms with E-state index in [1.165, 1.54) is 5.56 Å². The second-order valence-electron chi connectivity index (χ2n) is 10.3. The topological polar surface area (TPSA) is 99.7 Å². The number of piperidine rings is 1.